The molecule has 0 unspecified atom stereocenters. The van der Waals surface area contributed by atoms with E-state index in [9.17, 15) is 18.4 Å². The summed E-state index contributed by atoms with van der Waals surface area (Å²) in [4.78, 5) is 25.1. The maximum atomic E-state index is 13.4. The van der Waals surface area contributed by atoms with Crippen molar-refractivity contribution >= 4 is 11.9 Å². The number of ether oxygens (including phenoxy) is 1. The van der Waals surface area contributed by atoms with E-state index in [0.717, 1.165) is 23.3 Å². The lowest BCUT2D eigenvalue weighted by Crippen LogP contribution is -2.32. The van der Waals surface area contributed by atoms with Gasteiger partial charge in [0, 0.05) is 18.7 Å². The standard InChI is InChI=1S/C19H17F2NO4/c20-16-4-1-12(7-17(16)21)9-22(6-5-18(23)24)19(25)13-2-3-14-10-26-11-15(14)8-13/h1-4,7-8H,5-6,9-11H2,(H,23,24). The van der Waals surface area contributed by atoms with Crippen molar-refractivity contribution in [1.29, 1.82) is 0 Å². The largest absolute Gasteiger partial charge is 0.481 e. The summed E-state index contributed by atoms with van der Waals surface area (Å²) in [5, 5.41) is 8.92. The molecule has 26 heavy (non-hydrogen) atoms. The SMILES string of the molecule is O=C(O)CCN(Cc1ccc(F)c(F)c1)C(=O)c1ccc2c(c1)COC2. The lowest BCUT2D eigenvalue weighted by molar-refractivity contribution is -0.137. The average molecular weight is 361 g/mol. The fourth-order valence-electron chi connectivity index (χ4n) is 2.83. The number of nitrogens with zero attached hydrogens (tertiary/aromatic N) is 1. The summed E-state index contributed by atoms with van der Waals surface area (Å²) in [5.74, 6) is -3.40. The first-order valence-corrected chi connectivity index (χ1v) is 8.08. The van der Waals surface area contributed by atoms with Crippen LogP contribution < -0.4 is 0 Å². The monoisotopic (exact) mass is 361 g/mol. The normalized spacial score (nSPS) is 12.7. The molecular weight excluding hydrogens is 344 g/mol. The van der Waals surface area contributed by atoms with E-state index >= 15 is 0 Å². The fraction of sp³-hybridized carbons (Fsp3) is 0.263. The Morgan fingerprint density at radius 3 is 2.54 bits per heavy atom. The Morgan fingerprint density at radius 2 is 1.81 bits per heavy atom. The highest BCUT2D eigenvalue weighted by Crippen LogP contribution is 2.22. The van der Waals surface area contributed by atoms with Gasteiger partial charge in [0.05, 0.1) is 19.6 Å². The van der Waals surface area contributed by atoms with Crippen molar-refractivity contribution in [2.45, 2.75) is 26.2 Å². The van der Waals surface area contributed by atoms with E-state index in [2.05, 4.69) is 0 Å². The number of hydrogen-bond acceptors (Lipinski definition) is 3. The zero-order valence-corrected chi connectivity index (χ0v) is 13.9. The predicted octanol–water partition coefficient (Wildman–Crippen LogP) is 3.11. The molecule has 1 heterocycles. The van der Waals surface area contributed by atoms with Crippen LogP contribution in [0.15, 0.2) is 36.4 Å². The third kappa shape index (κ3) is 4.05. The molecule has 0 saturated carbocycles. The molecule has 0 fully saturated rings. The van der Waals surface area contributed by atoms with Crippen LogP contribution in [0.2, 0.25) is 0 Å². The molecule has 3 rings (SSSR count). The van der Waals surface area contributed by atoms with Gasteiger partial charge in [0.1, 0.15) is 0 Å². The molecule has 0 bridgehead atoms. The summed E-state index contributed by atoms with van der Waals surface area (Å²) in [7, 11) is 0. The number of hydrogen-bond donors (Lipinski definition) is 1. The van der Waals surface area contributed by atoms with Gasteiger partial charge in [-0.25, -0.2) is 8.78 Å². The Bertz CT molecular complexity index is 853. The van der Waals surface area contributed by atoms with E-state index < -0.39 is 17.6 Å². The molecule has 1 aliphatic heterocycles. The smallest absolute Gasteiger partial charge is 0.305 e. The zero-order valence-electron chi connectivity index (χ0n) is 13.9. The highest BCUT2D eigenvalue weighted by molar-refractivity contribution is 5.94. The minimum atomic E-state index is -1.05. The number of halogens is 2. The second kappa shape index (κ2) is 7.61. The molecule has 1 N–H and O–H groups in total. The van der Waals surface area contributed by atoms with Crippen LogP contribution in [0.25, 0.3) is 0 Å². The number of carbonyl (C=O) groups excluding carboxylic acids is 1. The number of rotatable bonds is 6. The van der Waals surface area contributed by atoms with Crippen molar-refractivity contribution in [3.05, 3.63) is 70.3 Å². The quantitative estimate of drug-likeness (QED) is 0.859. The number of fused-ring (bicyclic) bond motifs is 1. The van der Waals surface area contributed by atoms with Gasteiger partial charge < -0.3 is 14.7 Å². The molecule has 1 aliphatic rings. The van der Waals surface area contributed by atoms with Crippen molar-refractivity contribution in [2.75, 3.05) is 6.54 Å². The highest BCUT2D eigenvalue weighted by Gasteiger charge is 2.20. The zero-order chi connectivity index (χ0) is 18.7. The first-order valence-electron chi connectivity index (χ1n) is 8.08. The molecule has 0 spiro atoms. The molecule has 0 atom stereocenters. The minimum Gasteiger partial charge on any atom is -0.481 e. The Kier molecular flexibility index (Phi) is 5.27. The van der Waals surface area contributed by atoms with Gasteiger partial charge in [0.25, 0.3) is 5.91 Å². The van der Waals surface area contributed by atoms with Gasteiger partial charge >= 0.3 is 5.97 Å². The molecule has 7 heteroatoms. The molecule has 2 aromatic carbocycles. The van der Waals surface area contributed by atoms with Gasteiger partial charge in [-0.3, -0.25) is 9.59 Å². The summed E-state index contributed by atoms with van der Waals surface area (Å²) >= 11 is 0. The van der Waals surface area contributed by atoms with Crippen LogP contribution in [0.3, 0.4) is 0 Å². The lowest BCUT2D eigenvalue weighted by Gasteiger charge is -2.22. The van der Waals surface area contributed by atoms with Crippen LogP contribution in [0.4, 0.5) is 8.78 Å². The van der Waals surface area contributed by atoms with Crippen LogP contribution in [-0.4, -0.2) is 28.4 Å². The van der Waals surface area contributed by atoms with Crippen molar-refractivity contribution < 1.29 is 28.2 Å². The summed E-state index contributed by atoms with van der Waals surface area (Å²) in [5.41, 5.74) is 2.72. The third-order valence-electron chi connectivity index (χ3n) is 4.21. The van der Waals surface area contributed by atoms with Crippen LogP contribution in [0.5, 0.6) is 0 Å². The topological polar surface area (TPSA) is 66.8 Å². The van der Waals surface area contributed by atoms with E-state index in [4.69, 9.17) is 9.84 Å². The number of carbonyl (C=O) groups is 2. The van der Waals surface area contributed by atoms with Crippen molar-refractivity contribution in [3.63, 3.8) is 0 Å². The van der Waals surface area contributed by atoms with Crippen LogP contribution in [0.1, 0.15) is 33.5 Å². The molecule has 1 amide bonds. The van der Waals surface area contributed by atoms with E-state index in [1.54, 1.807) is 12.1 Å². The van der Waals surface area contributed by atoms with Gasteiger partial charge in [0.2, 0.25) is 0 Å². The van der Waals surface area contributed by atoms with Gasteiger partial charge in [-0.2, -0.15) is 0 Å². The second-order valence-electron chi connectivity index (χ2n) is 6.10. The molecule has 0 aliphatic carbocycles. The molecule has 2 aromatic rings. The number of amides is 1. The van der Waals surface area contributed by atoms with Crippen molar-refractivity contribution in [3.8, 4) is 0 Å². The van der Waals surface area contributed by atoms with Gasteiger partial charge in [-0.15, -0.1) is 0 Å². The minimum absolute atomic E-state index is 0.0170. The molecule has 5 nitrogen and oxygen atoms in total. The summed E-state index contributed by atoms with van der Waals surface area (Å²) in [6, 6.07) is 8.56. The summed E-state index contributed by atoms with van der Waals surface area (Å²) < 4.78 is 31.9. The first-order chi connectivity index (χ1) is 12.4. The van der Waals surface area contributed by atoms with Gasteiger partial charge in [-0.1, -0.05) is 12.1 Å². The number of aliphatic carboxylic acids is 1. The maximum absolute atomic E-state index is 13.4. The van der Waals surface area contributed by atoms with Crippen molar-refractivity contribution in [2.24, 2.45) is 0 Å². The predicted molar refractivity (Wildman–Crippen MR) is 88.3 cm³/mol. The van der Waals surface area contributed by atoms with Crippen molar-refractivity contribution in [1.82, 2.24) is 4.90 Å². The number of benzene rings is 2. The third-order valence-corrected chi connectivity index (χ3v) is 4.21. The number of carboxylic acid groups (broad SMARTS) is 1. The van der Waals surface area contributed by atoms with Gasteiger partial charge in [0.15, 0.2) is 11.6 Å². The molecular formula is C19H17F2NO4. The Hall–Kier alpha value is -2.80. The highest BCUT2D eigenvalue weighted by atomic mass is 19.2. The Labute approximate surface area is 148 Å². The first kappa shape index (κ1) is 18.0. The average Bonchev–Trinajstić information content (AvgIpc) is 3.08. The number of carboxylic acids is 1. The van der Waals surface area contributed by atoms with Crippen LogP contribution >= 0.6 is 0 Å². The summed E-state index contributed by atoms with van der Waals surface area (Å²) in [6.07, 6.45) is -0.247. The van der Waals surface area contributed by atoms with Crippen LogP contribution in [0, 0.1) is 11.6 Å². The van der Waals surface area contributed by atoms with Crippen LogP contribution in [-0.2, 0) is 29.3 Å². The maximum Gasteiger partial charge on any atom is 0.305 e. The Morgan fingerprint density at radius 1 is 1.04 bits per heavy atom. The second-order valence-corrected chi connectivity index (χ2v) is 6.10. The molecule has 0 radical (unpaired) electrons. The molecule has 136 valence electrons. The van der Waals surface area contributed by atoms with E-state index in [1.807, 2.05) is 6.07 Å². The summed E-state index contributed by atoms with van der Waals surface area (Å²) in [6.45, 7) is 0.869. The molecule has 0 aromatic heterocycles. The molecule has 0 saturated heterocycles. The van der Waals surface area contributed by atoms with Gasteiger partial charge in [-0.05, 0) is 41.0 Å². The van der Waals surface area contributed by atoms with E-state index in [-0.39, 0.29) is 25.4 Å². The van der Waals surface area contributed by atoms with E-state index in [1.165, 1.54) is 11.0 Å². The van der Waals surface area contributed by atoms with E-state index in [0.29, 0.717) is 24.3 Å². The fourth-order valence-corrected chi connectivity index (χ4v) is 2.83. The lowest BCUT2D eigenvalue weighted by atomic mass is 10.0. The Balaban J connectivity index is 1.83.